The van der Waals surface area contributed by atoms with E-state index in [-0.39, 0.29) is 17.2 Å². The van der Waals surface area contributed by atoms with Crippen molar-refractivity contribution in [3.8, 4) is 0 Å². The topological polar surface area (TPSA) is 49.4 Å². The summed E-state index contributed by atoms with van der Waals surface area (Å²) in [6.07, 6.45) is 3.36. The normalized spacial score (nSPS) is 15.7. The molecule has 3 aromatic rings. The molecule has 1 saturated heterocycles. The molecule has 0 aliphatic carbocycles. The molecule has 0 aromatic heterocycles. The van der Waals surface area contributed by atoms with Gasteiger partial charge in [0, 0.05) is 16.9 Å². The Morgan fingerprint density at radius 2 is 1.73 bits per heavy atom. The van der Waals surface area contributed by atoms with Crippen LogP contribution < -0.4 is 10.2 Å². The van der Waals surface area contributed by atoms with Crippen LogP contribution in [0.4, 0.5) is 11.4 Å². The fourth-order valence-electron chi connectivity index (χ4n) is 3.96. The van der Waals surface area contributed by atoms with Crippen molar-refractivity contribution in [3.05, 3.63) is 94.5 Å². The zero-order valence-electron chi connectivity index (χ0n) is 19.4. The van der Waals surface area contributed by atoms with Crippen molar-refractivity contribution in [3.63, 3.8) is 0 Å². The molecule has 1 aliphatic rings. The number of carbonyl (C=O) groups is 2. The molecular weight excluding hydrogens is 428 g/mol. The van der Waals surface area contributed by atoms with Crippen LogP contribution in [0.1, 0.15) is 57.8 Å². The number of aryl methyl sites for hydroxylation is 3. The molecule has 33 heavy (non-hydrogen) atoms. The third-order valence-corrected chi connectivity index (χ3v) is 7.34. The molecule has 4 rings (SSSR count). The van der Waals surface area contributed by atoms with Crippen molar-refractivity contribution in [1.82, 2.24) is 0 Å². The third kappa shape index (κ3) is 5.31. The van der Waals surface area contributed by atoms with Crippen LogP contribution in [0.3, 0.4) is 0 Å². The van der Waals surface area contributed by atoms with Gasteiger partial charge in [-0.25, -0.2) is 0 Å². The molecule has 1 N–H and O–H groups in total. The summed E-state index contributed by atoms with van der Waals surface area (Å²) in [5.41, 5.74) is 7.01. The number of thioether (sulfide) groups is 1. The van der Waals surface area contributed by atoms with E-state index in [1.165, 1.54) is 16.7 Å². The highest BCUT2D eigenvalue weighted by molar-refractivity contribution is 8.00. The Morgan fingerprint density at radius 1 is 1.00 bits per heavy atom. The van der Waals surface area contributed by atoms with Crippen LogP contribution in [0.5, 0.6) is 0 Å². The molecular formula is C28H30N2O2S. The lowest BCUT2D eigenvalue weighted by atomic mass is 10.1. The number of amides is 2. The monoisotopic (exact) mass is 458 g/mol. The van der Waals surface area contributed by atoms with Gasteiger partial charge in [-0.3, -0.25) is 14.5 Å². The number of benzene rings is 3. The van der Waals surface area contributed by atoms with E-state index in [1.54, 1.807) is 11.8 Å². The molecule has 1 aliphatic heterocycles. The van der Waals surface area contributed by atoms with Gasteiger partial charge in [0.05, 0.1) is 5.75 Å². The summed E-state index contributed by atoms with van der Waals surface area (Å²) in [4.78, 5) is 27.2. The SMILES string of the molecule is CCCCc1ccc(C(=O)Nc2ccc([C@@H]3SCC(=O)N3c3ccc(C)c(C)c3)cc2)cc1. The van der Waals surface area contributed by atoms with Gasteiger partial charge in [-0.1, -0.05) is 43.7 Å². The van der Waals surface area contributed by atoms with Crippen molar-refractivity contribution in [2.24, 2.45) is 0 Å². The number of hydrogen-bond donors (Lipinski definition) is 1. The first kappa shape index (κ1) is 23.1. The van der Waals surface area contributed by atoms with Crippen LogP contribution in [-0.2, 0) is 11.2 Å². The lowest BCUT2D eigenvalue weighted by molar-refractivity contribution is -0.115. The number of anilines is 2. The van der Waals surface area contributed by atoms with Gasteiger partial charge in [0.2, 0.25) is 5.91 Å². The Bertz CT molecular complexity index is 1140. The smallest absolute Gasteiger partial charge is 0.255 e. The molecule has 0 spiro atoms. The zero-order chi connectivity index (χ0) is 23.4. The highest BCUT2D eigenvalue weighted by Gasteiger charge is 2.34. The van der Waals surface area contributed by atoms with Gasteiger partial charge < -0.3 is 5.32 Å². The summed E-state index contributed by atoms with van der Waals surface area (Å²) < 4.78 is 0. The van der Waals surface area contributed by atoms with Crippen LogP contribution in [0.2, 0.25) is 0 Å². The molecule has 0 radical (unpaired) electrons. The number of hydrogen-bond acceptors (Lipinski definition) is 3. The lowest BCUT2D eigenvalue weighted by Crippen LogP contribution is -2.27. The molecule has 2 amide bonds. The Kier molecular flexibility index (Phi) is 7.19. The number of unbranched alkanes of at least 4 members (excludes halogenated alkanes) is 1. The predicted molar refractivity (Wildman–Crippen MR) is 138 cm³/mol. The average molecular weight is 459 g/mol. The fourth-order valence-corrected chi connectivity index (χ4v) is 5.14. The predicted octanol–water partition coefficient (Wildman–Crippen LogP) is 6.68. The van der Waals surface area contributed by atoms with Gasteiger partial charge in [-0.15, -0.1) is 11.8 Å². The lowest BCUT2D eigenvalue weighted by Gasteiger charge is -2.25. The quantitative estimate of drug-likeness (QED) is 0.430. The first-order valence-electron chi connectivity index (χ1n) is 11.5. The fraction of sp³-hybridized carbons (Fsp3) is 0.286. The molecule has 1 atom stereocenters. The van der Waals surface area contributed by atoms with Crippen molar-refractivity contribution in [2.45, 2.75) is 45.4 Å². The zero-order valence-corrected chi connectivity index (χ0v) is 20.2. The van der Waals surface area contributed by atoms with Crippen molar-refractivity contribution in [1.29, 1.82) is 0 Å². The number of nitrogens with one attached hydrogen (secondary N) is 1. The molecule has 1 fully saturated rings. The van der Waals surface area contributed by atoms with Gasteiger partial charge in [0.25, 0.3) is 5.91 Å². The van der Waals surface area contributed by atoms with Crippen LogP contribution in [0.25, 0.3) is 0 Å². The highest BCUT2D eigenvalue weighted by atomic mass is 32.2. The standard InChI is InChI=1S/C28H30N2O2S/c1-4-5-6-21-8-10-22(11-9-21)27(32)29-24-14-12-23(13-15-24)28-30(26(31)18-33-28)25-16-7-19(2)20(3)17-25/h7-17,28H,4-6,18H2,1-3H3,(H,29,32)/t28-/m0/s1. The van der Waals surface area contributed by atoms with E-state index in [0.29, 0.717) is 11.3 Å². The molecule has 1 heterocycles. The minimum Gasteiger partial charge on any atom is -0.322 e. The van der Waals surface area contributed by atoms with Crippen molar-refractivity contribution in [2.75, 3.05) is 16.0 Å². The average Bonchev–Trinajstić information content (AvgIpc) is 3.21. The number of rotatable bonds is 7. The first-order valence-corrected chi connectivity index (χ1v) is 12.5. The van der Waals surface area contributed by atoms with E-state index in [9.17, 15) is 9.59 Å². The highest BCUT2D eigenvalue weighted by Crippen LogP contribution is 2.42. The van der Waals surface area contributed by atoms with E-state index in [2.05, 4.69) is 38.2 Å². The molecule has 4 nitrogen and oxygen atoms in total. The first-order chi connectivity index (χ1) is 16.0. The third-order valence-electron chi connectivity index (χ3n) is 6.13. The van der Waals surface area contributed by atoms with Gasteiger partial charge in [-0.2, -0.15) is 0 Å². The van der Waals surface area contributed by atoms with Gasteiger partial charge in [0.1, 0.15) is 5.37 Å². The van der Waals surface area contributed by atoms with Gasteiger partial charge in [-0.05, 0) is 85.3 Å². The second kappa shape index (κ2) is 10.3. The van der Waals surface area contributed by atoms with Crippen LogP contribution in [-0.4, -0.2) is 17.6 Å². The second-order valence-electron chi connectivity index (χ2n) is 8.57. The van der Waals surface area contributed by atoms with Gasteiger partial charge in [0.15, 0.2) is 0 Å². The van der Waals surface area contributed by atoms with E-state index in [1.807, 2.05) is 59.5 Å². The summed E-state index contributed by atoms with van der Waals surface area (Å²) in [7, 11) is 0. The van der Waals surface area contributed by atoms with Crippen LogP contribution in [0.15, 0.2) is 66.7 Å². The Balaban J connectivity index is 1.45. The van der Waals surface area contributed by atoms with E-state index >= 15 is 0 Å². The maximum Gasteiger partial charge on any atom is 0.255 e. The van der Waals surface area contributed by atoms with E-state index < -0.39 is 0 Å². The summed E-state index contributed by atoms with van der Waals surface area (Å²) in [6.45, 7) is 6.32. The second-order valence-corrected chi connectivity index (χ2v) is 9.64. The van der Waals surface area contributed by atoms with Crippen molar-refractivity contribution < 1.29 is 9.59 Å². The molecule has 0 saturated carbocycles. The maximum absolute atomic E-state index is 12.7. The summed E-state index contributed by atoms with van der Waals surface area (Å²) >= 11 is 1.63. The minimum atomic E-state index is -0.119. The molecule has 0 unspecified atom stereocenters. The maximum atomic E-state index is 12.7. The summed E-state index contributed by atoms with van der Waals surface area (Å²) in [5.74, 6) is 0.463. The Hall–Kier alpha value is -3.05. The Morgan fingerprint density at radius 3 is 2.39 bits per heavy atom. The summed E-state index contributed by atoms with van der Waals surface area (Å²) in [5, 5.41) is 2.91. The van der Waals surface area contributed by atoms with Crippen molar-refractivity contribution >= 4 is 35.0 Å². The molecule has 0 bridgehead atoms. The van der Waals surface area contributed by atoms with Crippen LogP contribution >= 0.6 is 11.8 Å². The van der Waals surface area contributed by atoms with E-state index in [4.69, 9.17) is 0 Å². The largest absolute Gasteiger partial charge is 0.322 e. The molecule has 3 aromatic carbocycles. The van der Waals surface area contributed by atoms with Gasteiger partial charge >= 0.3 is 0 Å². The summed E-state index contributed by atoms with van der Waals surface area (Å²) in [6, 6.07) is 21.8. The molecule has 5 heteroatoms. The number of carbonyl (C=O) groups excluding carboxylic acids is 2. The minimum absolute atomic E-state index is 0.0694. The molecule has 170 valence electrons. The Labute approximate surface area is 200 Å². The number of nitrogens with zero attached hydrogens (tertiary/aromatic N) is 1. The van der Waals surface area contributed by atoms with Crippen LogP contribution in [0, 0.1) is 13.8 Å². The van der Waals surface area contributed by atoms with E-state index in [0.717, 1.165) is 36.2 Å².